The first kappa shape index (κ1) is 9.34. The van der Waals surface area contributed by atoms with Crippen molar-refractivity contribution in [2.45, 2.75) is 0 Å². The van der Waals surface area contributed by atoms with Crippen molar-refractivity contribution < 1.29 is 4.74 Å². The third-order valence-electron chi connectivity index (χ3n) is 2.92. The van der Waals surface area contributed by atoms with Gasteiger partial charge in [-0.2, -0.15) is 0 Å². The number of ether oxygens (including phenoxy) is 1. The largest absolute Gasteiger partial charge is 0.453 e. The smallest absolute Gasteiger partial charge is 0.151 e. The second-order valence-electron chi connectivity index (χ2n) is 4.10. The lowest BCUT2D eigenvalue weighted by Crippen LogP contribution is -2.17. The standard InChI is InChI=1S/C13H12BNO/c1-15-10-4-2-3-5-12(10)16-13-8-9(14)6-7-11(13)15/h2-8H,14H2,1H3. The summed E-state index contributed by atoms with van der Waals surface area (Å²) in [4.78, 5) is 2.16. The highest BCUT2D eigenvalue weighted by Crippen LogP contribution is 2.44. The molecule has 0 unspecified atom stereocenters. The summed E-state index contributed by atoms with van der Waals surface area (Å²) >= 11 is 0. The molecular weight excluding hydrogens is 197 g/mol. The van der Waals surface area contributed by atoms with Gasteiger partial charge in [0.15, 0.2) is 11.5 Å². The number of para-hydroxylation sites is 2. The Bertz CT molecular complexity index is 553. The quantitative estimate of drug-likeness (QED) is 0.613. The van der Waals surface area contributed by atoms with Gasteiger partial charge >= 0.3 is 0 Å². The molecular formula is C13H12BNO. The summed E-state index contributed by atoms with van der Waals surface area (Å²) < 4.78 is 5.89. The third kappa shape index (κ3) is 1.28. The number of nitrogens with zero attached hydrogens (tertiary/aromatic N) is 1. The molecule has 3 rings (SSSR count). The number of rotatable bonds is 0. The molecule has 0 fully saturated rings. The van der Waals surface area contributed by atoms with Gasteiger partial charge < -0.3 is 9.64 Å². The van der Waals surface area contributed by atoms with Crippen LogP contribution in [0.5, 0.6) is 11.5 Å². The zero-order chi connectivity index (χ0) is 11.1. The van der Waals surface area contributed by atoms with Crippen LogP contribution in [0.4, 0.5) is 11.4 Å². The number of benzene rings is 2. The number of anilines is 2. The van der Waals surface area contributed by atoms with Crippen molar-refractivity contribution in [2.24, 2.45) is 0 Å². The zero-order valence-corrected chi connectivity index (χ0v) is 9.40. The normalized spacial score (nSPS) is 12.7. The summed E-state index contributed by atoms with van der Waals surface area (Å²) in [7, 11) is 4.14. The van der Waals surface area contributed by atoms with E-state index in [0.717, 1.165) is 22.9 Å². The van der Waals surface area contributed by atoms with E-state index in [-0.39, 0.29) is 0 Å². The first-order valence-corrected chi connectivity index (χ1v) is 5.37. The van der Waals surface area contributed by atoms with Crippen molar-refractivity contribution in [2.75, 3.05) is 11.9 Å². The predicted octanol–water partition coefficient (Wildman–Crippen LogP) is 1.82. The summed E-state index contributed by atoms with van der Waals surface area (Å²) in [6.07, 6.45) is 0. The van der Waals surface area contributed by atoms with E-state index < -0.39 is 0 Å². The monoisotopic (exact) mass is 209 g/mol. The molecule has 2 aromatic rings. The molecule has 0 amide bonds. The molecule has 0 bridgehead atoms. The van der Waals surface area contributed by atoms with Crippen LogP contribution in [0.15, 0.2) is 42.5 Å². The average molecular weight is 209 g/mol. The first-order chi connectivity index (χ1) is 7.75. The van der Waals surface area contributed by atoms with Crippen LogP contribution < -0.4 is 15.1 Å². The molecule has 2 nitrogen and oxygen atoms in total. The minimum atomic E-state index is 0.920. The summed E-state index contributed by atoms with van der Waals surface area (Å²) in [5, 5.41) is 0. The molecule has 0 aromatic heterocycles. The fourth-order valence-corrected chi connectivity index (χ4v) is 2.05. The van der Waals surface area contributed by atoms with Gasteiger partial charge in [0.2, 0.25) is 0 Å². The molecule has 0 atom stereocenters. The van der Waals surface area contributed by atoms with E-state index in [1.54, 1.807) is 0 Å². The highest BCUT2D eigenvalue weighted by Gasteiger charge is 2.20. The Morgan fingerprint density at radius 1 is 1.00 bits per heavy atom. The topological polar surface area (TPSA) is 12.5 Å². The lowest BCUT2D eigenvalue weighted by molar-refractivity contribution is 0.476. The Kier molecular flexibility index (Phi) is 1.93. The number of hydrogen-bond donors (Lipinski definition) is 0. The molecule has 3 heteroatoms. The van der Waals surface area contributed by atoms with Crippen molar-refractivity contribution >= 4 is 24.7 Å². The Morgan fingerprint density at radius 2 is 1.75 bits per heavy atom. The number of hydrogen-bond acceptors (Lipinski definition) is 2. The highest BCUT2D eigenvalue weighted by molar-refractivity contribution is 6.32. The van der Waals surface area contributed by atoms with Crippen LogP contribution in [0, 0.1) is 0 Å². The lowest BCUT2D eigenvalue weighted by Gasteiger charge is -2.29. The number of fused-ring (bicyclic) bond motifs is 2. The maximum Gasteiger partial charge on any atom is 0.151 e. The van der Waals surface area contributed by atoms with E-state index in [0.29, 0.717) is 0 Å². The van der Waals surface area contributed by atoms with E-state index in [2.05, 4.69) is 44.1 Å². The van der Waals surface area contributed by atoms with Gasteiger partial charge in [0, 0.05) is 7.05 Å². The van der Waals surface area contributed by atoms with E-state index >= 15 is 0 Å². The van der Waals surface area contributed by atoms with Crippen molar-refractivity contribution in [3.8, 4) is 11.5 Å². The summed E-state index contributed by atoms with van der Waals surface area (Å²) in [6.45, 7) is 0. The molecule has 0 N–H and O–H groups in total. The maximum atomic E-state index is 5.89. The third-order valence-corrected chi connectivity index (χ3v) is 2.92. The summed E-state index contributed by atoms with van der Waals surface area (Å²) in [5.41, 5.74) is 3.44. The first-order valence-electron chi connectivity index (χ1n) is 5.37. The lowest BCUT2D eigenvalue weighted by atomic mass is 9.95. The van der Waals surface area contributed by atoms with E-state index in [4.69, 9.17) is 4.74 Å². The molecule has 0 saturated carbocycles. The zero-order valence-electron chi connectivity index (χ0n) is 9.40. The highest BCUT2D eigenvalue weighted by atomic mass is 16.5. The fourth-order valence-electron chi connectivity index (χ4n) is 2.05. The molecule has 1 aliphatic heterocycles. The van der Waals surface area contributed by atoms with Gasteiger partial charge in [-0.15, -0.1) is 0 Å². The molecule has 1 heterocycles. The SMILES string of the molecule is Bc1ccc2c(c1)Oc1ccccc1N2C. The molecule has 0 radical (unpaired) electrons. The Morgan fingerprint density at radius 3 is 2.62 bits per heavy atom. The fraction of sp³-hybridized carbons (Fsp3) is 0.0769. The van der Waals surface area contributed by atoms with Gasteiger partial charge in [-0.1, -0.05) is 23.7 Å². The van der Waals surface area contributed by atoms with Crippen molar-refractivity contribution in [3.05, 3.63) is 42.5 Å². The summed E-state index contributed by atoms with van der Waals surface area (Å²) in [5.74, 6) is 1.85. The molecule has 2 aromatic carbocycles. The minimum Gasteiger partial charge on any atom is -0.453 e. The van der Waals surface area contributed by atoms with E-state index in [1.165, 1.54) is 5.46 Å². The van der Waals surface area contributed by atoms with Gasteiger partial charge in [0.1, 0.15) is 7.85 Å². The molecule has 1 aliphatic rings. The minimum absolute atomic E-state index is 0.920. The van der Waals surface area contributed by atoms with E-state index in [9.17, 15) is 0 Å². The second kappa shape index (κ2) is 3.30. The van der Waals surface area contributed by atoms with Crippen molar-refractivity contribution in [3.63, 3.8) is 0 Å². The van der Waals surface area contributed by atoms with Gasteiger partial charge in [-0.25, -0.2) is 0 Å². The van der Waals surface area contributed by atoms with Gasteiger partial charge in [0.05, 0.1) is 11.4 Å². The Balaban J connectivity index is 2.18. The van der Waals surface area contributed by atoms with Crippen LogP contribution in [0.2, 0.25) is 0 Å². The molecule has 78 valence electrons. The Labute approximate surface area is 95.9 Å². The van der Waals surface area contributed by atoms with Crippen molar-refractivity contribution in [1.82, 2.24) is 0 Å². The predicted molar refractivity (Wildman–Crippen MR) is 69.2 cm³/mol. The second-order valence-corrected chi connectivity index (χ2v) is 4.10. The Hall–Kier alpha value is -1.90. The van der Waals surface area contributed by atoms with E-state index in [1.807, 2.05) is 18.2 Å². The van der Waals surface area contributed by atoms with Crippen LogP contribution in [0.25, 0.3) is 0 Å². The van der Waals surface area contributed by atoms with Gasteiger partial charge in [-0.05, 0) is 24.3 Å². The van der Waals surface area contributed by atoms with Crippen LogP contribution >= 0.6 is 0 Å². The van der Waals surface area contributed by atoms with Crippen LogP contribution in [-0.2, 0) is 0 Å². The van der Waals surface area contributed by atoms with Crippen LogP contribution in [0.1, 0.15) is 0 Å². The molecule has 16 heavy (non-hydrogen) atoms. The molecule has 0 saturated heterocycles. The van der Waals surface area contributed by atoms with Gasteiger partial charge in [0.25, 0.3) is 0 Å². The van der Waals surface area contributed by atoms with Gasteiger partial charge in [-0.3, -0.25) is 0 Å². The van der Waals surface area contributed by atoms with Crippen molar-refractivity contribution in [1.29, 1.82) is 0 Å². The maximum absolute atomic E-state index is 5.89. The van der Waals surface area contributed by atoms with Crippen LogP contribution in [0.3, 0.4) is 0 Å². The average Bonchev–Trinajstić information content (AvgIpc) is 2.29. The summed E-state index contributed by atoms with van der Waals surface area (Å²) in [6, 6.07) is 14.4. The molecule has 0 aliphatic carbocycles. The van der Waals surface area contributed by atoms with Crippen LogP contribution in [-0.4, -0.2) is 14.9 Å². The molecule has 0 spiro atoms.